The van der Waals surface area contributed by atoms with Gasteiger partial charge in [0.2, 0.25) is 0 Å². The molecule has 1 aromatic carbocycles. The third-order valence-electron chi connectivity index (χ3n) is 3.12. The van der Waals surface area contributed by atoms with E-state index < -0.39 is 0 Å². The Balaban J connectivity index is 2.66. The van der Waals surface area contributed by atoms with Crippen LogP contribution in [0.4, 0.5) is 0 Å². The number of hydrogen-bond donors (Lipinski definition) is 0. The summed E-state index contributed by atoms with van der Waals surface area (Å²) in [5.41, 5.74) is 1.35. The minimum absolute atomic E-state index is 0.123. The van der Waals surface area contributed by atoms with E-state index in [4.69, 9.17) is 0 Å². The minimum atomic E-state index is -0.384. The Morgan fingerprint density at radius 3 is 2.05 bits per heavy atom. The van der Waals surface area contributed by atoms with Crippen molar-refractivity contribution in [3.05, 3.63) is 35.4 Å². The van der Waals surface area contributed by atoms with Gasteiger partial charge in [0.1, 0.15) is 0 Å². The van der Waals surface area contributed by atoms with Gasteiger partial charge in [-0.05, 0) is 29.9 Å². The Morgan fingerprint density at radius 2 is 1.60 bits per heavy atom. The molecule has 110 valence electrons. The summed E-state index contributed by atoms with van der Waals surface area (Å²) in [6.45, 7) is 8.64. The van der Waals surface area contributed by atoms with E-state index >= 15 is 0 Å². The number of carbonyl (C=O) groups is 2. The lowest BCUT2D eigenvalue weighted by Gasteiger charge is -2.22. The van der Waals surface area contributed by atoms with Crippen molar-refractivity contribution in [1.82, 2.24) is 0 Å². The largest absolute Gasteiger partial charge is 0.465 e. The number of methoxy groups -OCH3 is 1. The normalized spacial score (nSPS) is 12.8. The number of Topliss-reactive ketones (excluding diaryl/α,β-unsaturated/α-hetero) is 1. The Bertz CT molecular complexity index is 466. The Labute approximate surface area is 121 Å². The number of hydrogen-bond acceptors (Lipinski definition) is 3. The molecule has 0 N–H and O–H groups in total. The van der Waals surface area contributed by atoms with Gasteiger partial charge in [-0.3, -0.25) is 4.79 Å². The van der Waals surface area contributed by atoms with Crippen LogP contribution in [0.15, 0.2) is 24.3 Å². The van der Waals surface area contributed by atoms with Gasteiger partial charge in [-0.25, -0.2) is 4.79 Å². The Kier molecular flexibility index (Phi) is 5.49. The maximum Gasteiger partial charge on any atom is 0.337 e. The average molecular weight is 276 g/mol. The number of ether oxygens (including phenoxy) is 1. The van der Waals surface area contributed by atoms with Gasteiger partial charge in [0.15, 0.2) is 5.78 Å². The molecule has 0 aliphatic heterocycles. The third-order valence-corrected chi connectivity index (χ3v) is 3.12. The highest BCUT2D eigenvalue weighted by Gasteiger charge is 2.18. The molecule has 0 amide bonds. The minimum Gasteiger partial charge on any atom is -0.465 e. The Hall–Kier alpha value is -1.64. The lowest BCUT2D eigenvalue weighted by Crippen LogP contribution is -2.14. The lowest BCUT2D eigenvalue weighted by molar-refractivity contribution is 0.0600. The molecule has 1 rings (SSSR count). The van der Waals surface area contributed by atoms with Crippen LogP contribution in [0, 0.1) is 11.3 Å². The molecule has 0 saturated carbocycles. The van der Waals surface area contributed by atoms with Crippen LogP contribution in [-0.2, 0) is 4.74 Å². The number of rotatable bonds is 5. The summed E-state index contributed by atoms with van der Waals surface area (Å²) in [6, 6.07) is 6.65. The van der Waals surface area contributed by atoms with Crippen LogP contribution in [0.5, 0.6) is 0 Å². The fourth-order valence-corrected chi connectivity index (χ4v) is 2.46. The van der Waals surface area contributed by atoms with Crippen molar-refractivity contribution in [3.63, 3.8) is 0 Å². The molecule has 0 aliphatic carbocycles. The first-order valence-corrected chi connectivity index (χ1v) is 6.94. The number of ketones is 1. The topological polar surface area (TPSA) is 43.4 Å². The summed E-state index contributed by atoms with van der Waals surface area (Å²) in [6.07, 6.45) is 1.55. The summed E-state index contributed by atoms with van der Waals surface area (Å²) in [5.74, 6) is 0.0889. The molecule has 0 spiro atoms. The van der Waals surface area contributed by atoms with Crippen LogP contribution in [0.1, 0.15) is 61.3 Å². The molecule has 0 aromatic heterocycles. The summed E-state index contributed by atoms with van der Waals surface area (Å²) in [5, 5.41) is 0. The van der Waals surface area contributed by atoms with E-state index in [1.165, 1.54) is 7.11 Å². The van der Waals surface area contributed by atoms with Crippen LogP contribution in [0.25, 0.3) is 0 Å². The van der Waals surface area contributed by atoms with Gasteiger partial charge in [-0.1, -0.05) is 39.8 Å². The molecule has 0 saturated heterocycles. The van der Waals surface area contributed by atoms with E-state index in [0.29, 0.717) is 23.5 Å². The van der Waals surface area contributed by atoms with Gasteiger partial charge in [-0.2, -0.15) is 0 Å². The molecule has 1 aromatic rings. The van der Waals surface area contributed by atoms with Crippen LogP contribution in [0.3, 0.4) is 0 Å². The smallest absolute Gasteiger partial charge is 0.337 e. The van der Waals surface area contributed by atoms with Crippen molar-refractivity contribution in [1.29, 1.82) is 0 Å². The highest BCUT2D eigenvalue weighted by Crippen LogP contribution is 2.26. The maximum absolute atomic E-state index is 12.2. The molecule has 1 unspecified atom stereocenters. The van der Waals surface area contributed by atoms with E-state index in [-0.39, 0.29) is 17.2 Å². The lowest BCUT2D eigenvalue weighted by atomic mass is 9.83. The molecule has 1 atom stereocenters. The predicted molar refractivity (Wildman–Crippen MR) is 80.0 cm³/mol. The molecule has 3 nitrogen and oxygen atoms in total. The first kappa shape index (κ1) is 16.4. The summed E-state index contributed by atoms with van der Waals surface area (Å²) < 4.78 is 4.63. The zero-order chi connectivity index (χ0) is 15.3. The van der Waals surface area contributed by atoms with Crippen molar-refractivity contribution in [2.24, 2.45) is 11.3 Å². The molecule has 0 aliphatic rings. The second-order valence-electron chi connectivity index (χ2n) is 6.57. The zero-order valence-corrected chi connectivity index (χ0v) is 13.0. The molecule has 20 heavy (non-hydrogen) atoms. The fourth-order valence-electron chi connectivity index (χ4n) is 2.46. The van der Waals surface area contributed by atoms with E-state index in [1.54, 1.807) is 24.3 Å². The summed E-state index contributed by atoms with van der Waals surface area (Å²) in [7, 11) is 1.34. The standard InChI is InChI=1S/C17H24O3/c1-12(11-17(2,3)4)10-15(18)13-6-8-14(9-7-13)16(19)20-5/h6-9,12H,10-11H2,1-5H3. The number of benzene rings is 1. The van der Waals surface area contributed by atoms with Gasteiger partial charge in [0, 0.05) is 12.0 Å². The van der Waals surface area contributed by atoms with Crippen LogP contribution < -0.4 is 0 Å². The predicted octanol–water partition coefficient (Wildman–Crippen LogP) is 4.12. The summed E-state index contributed by atoms with van der Waals surface area (Å²) >= 11 is 0. The quantitative estimate of drug-likeness (QED) is 0.600. The second kappa shape index (κ2) is 6.69. The first-order valence-electron chi connectivity index (χ1n) is 6.94. The van der Waals surface area contributed by atoms with Crippen molar-refractivity contribution in [2.45, 2.75) is 40.5 Å². The monoisotopic (exact) mass is 276 g/mol. The maximum atomic E-state index is 12.2. The molecule has 0 radical (unpaired) electrons. The van der Waals surface area contributed by atoms with Gasteiger partial charge >= 0.3 is 5.97 Å². The second-order valence-corrected chi connectivity index (χ2v) is 6.57. The van der Waals surface area contributed by atoms with Crippen LogP contribution in [0.2, 0.25) is 0 Å². The molecule has 0 fully saturated rings. The van der Waals surface area contributed by atoms with Crippen molar-refractivity contribution < 1.29 is 14.3 Å². The molecular weight excluding hydrogens is 252 g/mol. The van der Waals surface area contributed by atoms with E-state index in [1.807, 2.05) is 0 Å². The van der Waals surface area contributed by atoms with Crippen LogP contribution >= 0.6 is 0 Å². The molecule has 0 heterocycles. The number of esters is 1. The van der Waals surface area contributed by atoms with E-state index in [9.17, 15) is 9.59 Å². The SMILES string of the molecule is COC(=O)c1ccc(C(=O)CC(C)CC(C)(C)C)cc1. The van der Waals surface area contributed by atoms with E-state index in [0.717, 1.165) is 6.42 Å². The summed E-state index contributed by atoms with van der Waals surface area (Å²) in [4.78, 5) is 23.5. The zero-order valence-electron chi connectivity index (χ0n) is 13.0. The first-order chi connectivity index (χ1) is 9.23. The highest BCUT2D eigenvalue weighted by atomic mass is 16.5. The van der Waals surface area contributed by atoms with Crippen molar-refractivity contribution in [3.8, 4) is 0 Å². The van der Waals surface area contributed by atoms with Gasteiger partial charge in [0.25, 0.3) is 0 Å². The average Bonchev–Trinajstić information content (AvgIpc) is 2.35. The van der Waals surface area contributed by atoms with Crippen molar-refractivity contribution >= 4 is 11.8 Å². The molecular formula is C17H24O3. The highest BCUT2D eigenvalue weighted by molar-refractivity contribution is 5.97. The third kappa shape index (κ3) is 5.16. The fraction of sp³-hybridized carbons (Fsp3) is 0.529. The van der Waals surface area contributed by atoms with Crippen molar-refractivity contribution in [2.75, 3.05) is 7.11 Å². The van der Waals surface area contributed by atoms with Gasteiger partial charge < -0.3 is 4.74 Å². The van der Waals surface area contributed by atoms with Gasteiger partial charge in [0.05, 0.1) is 12.7 Å². The Morgan fingerprint density at radius 1 is 1.10 bits per heavy atom. The van der Waals surface area contributed by atoms with E-state index in [2.05, 4.69) is 32.4 Å². The molecule has 0 bridgehead atoms. The molecule has 3 heteroatoms. The van der Waals surface area contributed by atoms with Gasteiger partial charge in [-0.15, -0.1) is 0 Å². The number of carbonyl (C=O) groups excluding carboxylic acids is 2. The van der Waals surface area contributed by atoms with Crippen LogP contribution in [-0.4, -0.2) is 18.9 Å².